The number of nitrogens with one attached hydrogen (secondary N) is 2. The lowest BCUT2D eigenvalue weighted by molar-refractivity contribution is -0.149. The maximum atomic E-state index is 15.5. The second kappa shape index (κ2) is 13.1. The molecule has 4 N–H and O–H groups in total. The molecule has 0 bridgehead atoms. The molecule has 3 rings (SSSR count). The Balaban J connectivity index is 1.72. The minimum absolute atomic E-state index is 0.0454. The van der Waals surface area contributed by atoms with Crippen LogP contribution < -0.4 is 16.4 Å². The third-order valence-electron chi connectivity index (χ3n) is 5.56. The number of alkyl halides is 2. The van der Waals surface area contributed by atoms with Crippen molar-refractivity contribution in [1.82, 2.24) is 24.6 Å². The Morgan fingerprint density at radius 3 is 2.71 bits per heavy atom. The molecular formula is C23H35ClFN6O8PS. The number of halogens is 2. The Labute approximate surface area is 245 Å². The van der Waals surface area contributed by atoms with E-state index in [1.807, 2.05) is 0 Å². The normalized spacial score (nSPS) is 23.5. The van der Waals surface area contributed by atoms with E-state index < -0.39 is 67.3 Å². The van der Waals surface area contributed by atoms with Gasteiger partial charge in [0.05, 0.1) is 31.7 Å². The summed E-state index contributed by atoms with van der Waals surface area (Å²) >= 11 is 7.14. The number of anilines is 1. The van der Waals surface area contributed by atoms with Crippen molar-refractivity contribution in [2.24, 2.45) is 5.41 Å². The lowest BCUT2D eigenvalue weighted by Gasteiger charge is -2.24. The zero-order chi connectivity index (χ0) is 30.8. The predicted molar refractivity (Wildman–Crippen MR) is 151 cm³/mol. The van der Waals surface area contributed by atoms with Crippen LogP contribution in [0.4, 0.5) is 10.3 Å². The molecule has 2 aromatic heterocycles. The fourth-order valence-corrected chi connectivity index (χ4v) is 6.38. The molecule has 0 saturated carbocycles. The van der Waals surface area contributed by atoms with Gasteiger partial charge >= 0.3 is 13.7 Å². The highest BCUT2D eigenvalue weighted by molar-refractivity contribution is 8.13. The van der Waals surface area contributed by atoms with E-state index in [1.54, 1.807) is 34.6 Å². The maximum absolute atomic E-state index is 15.5. The highest BCUT2D eigenvalue weighted by Crippen LogP contribution is 2.49. The number of aromatic amines is 1. The Bertz CT molecular complexity index is 1370. The average Bonchev–Trinajstić information content (AvgIpc) is 3.38. The lowest BCUT2D eigenvalue weighted by atomic mass is 10.00. The van der Waals surface area contributed by atoms with Crippen LogP contribution in [0.25, 0.3) is 11.2 Å². The summed E-state index contributed by atoms with van der Waals surface area (Å²) in [6.07, 6.45) is -2.20. The predicted octanol–water partition coefficient (Wildman–Crippen LogP) is 3.27. The van der Waals surface area contributed by atoms with Crippen LogP contribution in [-0.2, 0) is 32.7 Å². The number of ether oxygens (including phenoxy) is 2. The van der Waals surface area contributed by atoms with Crippen molar-refractivity contribution in [2.75, 3.05) is 24.7 Å². The van der Waals surface area contributed by atoms with Crippen molar-refractivity contribution in [2.45, 2.75) is 77.6 Å². The van der Waals surface area contributed by atoms with Crippen molar-refractivity contribution in [3.63, 3.8) is 0 Å². The molecule has 3 heterocycles. The number of H-pyrrole nitrogens is 1. The second-order valence-electron chi connectivity index (χ2n) is 10.7. The van der Waals surface area contributed by atoms with E-state index in [9.17, 15) is 18.9 Å². The first-order chi connectivity index (χ1) is 18.9. The minimum Gasteiger partial charge on any atom is -0.462 e. The number of carbonyl (C=O) groups excluding carboxylic acids is 2. The summed E-state index contributed by atoms with van der Waals surface area (Å²) in [4.78, 5) is 46.9. The van der Waals surface area contributed by atoms with Crippen molar-refractivity contribution < 1.29 is 37.1 Å². The molecule has 1 fully saturated rings. The van der Waals surface area contributed by atoms with E-state index in [0.29, 0.717) is 0 Å². The summed E-state index contributed by atoms with van der Waals surface area (Å²) in [5.41, 5.74) is 4.27. The van der Waals surface area contributed by atoms with Gasteiger partial charge in [-0.25, -0.2) is 19.0 Å². The zero-order valence-electron chi connectivity index (χ0n) is 23.5. The van der Waals surface area contributed by atoms with Gasteiger partial charge in [-0.3, -0.25) is 33.0 Å². The second-order valence-corrected chi connectivity index (χ2v) is 14.2. The fraction of sp³-hybridized carbons (Fsp3) is 0.696. The van der Waals surface area contributed by atoms with Crippen molar-refractivity contribution in [3.05, 3.63) is 16.7 Å². The van der Waals surface area contributed by atoms with Gasteiger partial charge < -0.3 is 15.2 Å². The fourth-order valence-electron chi connectivity index (χ4n) is 3.64. The Morgan fingerprint density at radius 2 is 2.07 bits per heavy atom. The Morgan fingerprint density at radius 1 is 1.39 bits per heavy atom. The summed E-state index contributed by atoms with van der Waals surface area (Å²) < 4.78 is 52.2. The third kappa shape index (κ3) is 8.72. The lowest BCUT2D eigenvalue weighted by Crippen LogP contribution is -2.36. The van der Waals surface area contributed by atoms with Crippen LogP contribution in [0.2, 0.25) is 0 Å². The topological polar surface area (TPSA) is 190 Å². The van der Waals surface area contributed by atoms with E-state index in [1.165, 1.54) is 6.92 Å². The molecule has 0 unspecified atom stereocenters. The van der Waals surface area contributed by atoms with Crippen LogP contribution in [-0.4, -0.2) is 72.9 Å². The van der Waals surface area contributed by atoms with E-state index in [0.717, 1.165) is 22.7 Å². The summed E-state index contributed by atoms with van der Waals surface area (Å²) in [6, 6.07) is -1.09. The van der Waals surface area contributed by atoms with Crippen LogP contribution in [0.3, 0.4) is 0 Å². The van der Waals surface area contributed by atoms with Crippen LogP contribution >= 0.6 is 31.1 Å². The van der Waals surface area contributed by atoms with Gasteiger partial charge in [-0.15, -0.1) is 0 Å². The molecule has 1 aliphatic heterocycles. The molecule has 14 nitrogen and oxygen atoms in total. The summed E-state index contributed by atoms with van der Waals surface area (Å²) in [5, 5.41) is -0.0563. The van der Waals surface area contributed by atoms with E-state index in [4.69, 9.17) is 35.9 Å². The summed E-state index contributed by atoms with van der Waals surface area (Å²) in [7, 11) is -4.21. The number of hydrogen-bond donors (Lipinski definition) is 3. The molecular weight excluding hydrogens is 606 g/mol. The van der Waals surface area contributed by atoms with E-state index >= 15 is 4.39 Å². The molecule has 2 aromatic rings. The van der Waals surface area contributed by atoms with Crippen molar-refractivity contribution in [3.8, 4) is 0 Å². The van der Waals surface area contributed by atoms with Gasteiger partial charge in [0.2, 0.25) is 11.1 Å². The maximum Gasteiger partial charge on any atom is 0.406 e. The van der Waals surface area contributed by atoms with Crippen LogP contribution in [0.5, 0.6) is 0 Å². The highest BCUT2D eigenvalue weighted by atomic mass is 35.5. The van der Waals surface area contributed by atoms with Gasteiger partial charge in [0.25, 0.3) is 5.56 Å². The number of carbonyl (C=O) groups is 2. The number of nitrogens with zero attached hydrogens (tertiary/aromatic N) is 3. The van der Waals surface area contributed by atoms with Crippen LogP contribution in [0.1, 0.15) is 54.2 Å². The average molecular weight is 641 g/mol. The highest BCUT2D eigenvalue weighted by Gasteiger charge is 2.50. The monoisotopic (exact) mass is 640 g/mol. The standard InChI is InChI=1S/C23H35ClFN6O8PS/c1-12(2)38-18(33)13(3)30-40(35,36-7-8-41-20(34)22(4,5)6)37-10-14-9-23(24,25)19(39-14)31-11-27-15-16(31)28-21(26)29-17(15)32/h11-14,19H,7-10H2,1-6H3,(H,30,35)(H3,26,28,29,32)/t13-,14-,19+,23-,40+/m0/s1. The van der Waals surface area contributed by atoms with Gasteiger partial charge in [-0.1, -0.05) is 44.1 Å². The third-order valence-corrected chi connectivity index (χ3v) is 8.86. The number of thioether (sulfide) groups is 1. The molecule has 230 valence electrons. The number of fused-ring (bicyclic) bond motifs is 1. The first kappa shape index (κ1) is 33.4. The zero-order valence-corrected chi connectivity index (χ0v) is 26.0. The number of nitrogen functional groups attached to an aromatic ring is 1. The van der Waals surface area contributed by atoms with Gasteiger partial charge in [0.15, 0.2) is 22.5 Å². The molecule has 1 aliphatic rings. The number of imidazole rings is 1. The first-order valence-electron chi connectivity index (χ1n) is 12.7. The van der Waals surface area contributed by atoms with Gasteiger partial charge in [0, 0.05) is 17.6 Å². The number of hydrogen-bond acceptors (Lipinski definition) is 12. The largest absolute Gasteiger partial charge is 0.462 e. The molecule has 0 spiro atoms. The number of nitrogens with two attached hydrogens (primary N) is 1. The van der Waals surface area contributed by atoms with E-state index in [-0.39, 0.29) is 34.6 Å². The summed E-state index contributed by atoms with van der Waals surface area (Å²) in [5.74, 6) is -0.743. The van der Waals surface area contributed by atoms with Gasteiger partial charge in [-0.05, 0) is 20.8 Å². The molecule has 0 aliphatic carbocycles. The first-order valence-corrected chi connectivity index (χ1v) is 15.6. The molecule has 1 saturated heterocycles. The van der Waals surface area contributed by atoms with Crippen molar-refractivity contribution >= 4 is 59.3 Å². The Kier molecular flexibility index (Phi) is 10.7. The minimum atomic E-state index is -4.21. The molecule has 0 radical (unpaired) electrons. The quantitative estimate of drug-likeness (QED) is 0.133. The molecule has 41 heavy (non-hydrogen) atoms. The number of aromatic nitrogens is 4. The molecule has 0 aromatic carbocycles. The number of esters is 1. The SMILES string of the molecule is CC(C)OC(=O)[C@H](C)N[P@@](=O)(OCCSC(=O)C(C)(C)C)OC[C@@H]1C[C@@](F)(Cl)[C@H](n2cnc3c(=O)[nH]c(N)nc32)O1. The van der Waals surface area contributed by atoms with Crippen LogP contribution in [0.15, 0.2) is 11.1 Å². The van der Waals surface area contributed by atoms with Crippen LogP contribution in [0, 0.1) is 5.41 Å². The molecule has 0 amide bonds. The van der Waals surface area contributed by atoms with E-state index in [2.05, 4.69) is 20.0 Å². The number of rotatable bonds is 12. The Hall–Kier alpha value is -2.07. The molecule has 5 atom stereocenters. The summed E-state index contributed by atoms with van der Waals surface area (Å²) in [6.45, 7) is 9.43. The van der Waals surface area contributed by atoms with Gasteiger partial charge in [0.1, 0.15) is 6.04 Å². The van der Waals surface area contributed by atoms with Gasteiger partial charge in [-0.2, -0.15) is 4.98 Å². The molecule has 18 heteroatoms. The van der Waals surface area contributed by atoms with Crippen molar-refractivity contribution in [1.29, 1.82) is 0 Å². The smallest absolute Gasteiger partial charge is 0.406 e.